The van der Waals surface area contributed by atoms with E-state index in [1.807, 2.05) is 0 Å². The lowest BCUT2D eigenvalue weighted by Crippen LogP contribution is -2.24. The average molecular weight is 411 g/mol. The number of nitrogens with one attached hydrogen (secondary N) is 1. The molecule has 0 aromatic heterocycles. The van der Waals surface area contributed by atoms with E-state index >= 15 is 0 Å². The number of alkyl halides is 3. The molecule has 0 fully saturated rings. The molecule has 0 aliphatic rings. The van der Waals surface area contributed by atoms with Gasteiger partial charge in [0.05, 0.1) is 17.0 Å². The van der Waals surface area contributed by atoms with Crippen molar-refractivity contribution < 1.29 is 31.1 Å². The summed E-state index contributed by atoms with van der Waals surface area (Å²) in [4.78, 5) is 11.3. The molecular formula is C19H16F3NO4S. The summed E-state index contributed by atoms with van der Waals surface area (Å²) in [5, 5.41) is 0. The van der Waals surface area contributed by atoms with Crippen molar-refractivity contribution in [1.29, 1.82) is 0 Å². The van der Waals surface area contributed by atoms with Crippen molar-refractivity contribution >= 4 is 15.8 Å². The van der Waals surface area contributed by atoms with E-state index in [0.29, 0.717) is 0 Å². The second-order valence-corrected chi connectivity index (χ2v) is 7.34. The molecule has 28 heavy (non-hydrogen) atoms. The third-order valence-electron chi connectivity index (χ3n) is 3.50. The van der Waals surface area contributed by atoms with Crippen molar-refractivity contribution in [2.75, 3.05) is 13.2 Å². The molecule has 0 aliphatic heterocycles. The van der Waals surface area contributed by atoms with Crippen LogP contribution in [0.1, 0.15) is 22.8 Å². The van der Waals surface area contributed by atoms with Crippen molar-refractivity contribution in [3.05, 3.63) is 59.7 Å². The summed E-state index contributed by atoms with van der Waals surface area (Å²) in [7, 11) is -3.85. The molecular weight excluding hydrogens is 395 g/mol. The Morgan fingerprint density at radius 3 is 2.50 bits per heavy atom. The first-order valence-corrected chi connectivity index (χ1v) is 9.44. The van der Waals surface area contributed by atoms with Crippen LogP contribution in [-0.2, 0) is 16.2 Å². The predicted molar refractivity (Wildman–Crippen MR) is 96.4 cm³/mol. The highest BCUT2D eigenvalue weighted by atomic mass is 32.2. The van der Waals surface area contributed by atoms with Gasteiger partial charge in [-0.2, -0.15) is 17.9 Å². The van der Waals surface area contributed by atoms with Gasteiger partial charge in [-0.3, -0.25) is 4.79 Å². The van der Waals surface area contributed by atoms with Crippen LogP contribution in [0.2, 0.25) is 0 Å². The lowest BCUT2D eigenvalue weighted by Gasteiger charge is -2.08. The summed E-state index contributed by atoms with van der Waals surface area (Å²) < 4.78 is 69.5. The first-order chi connectivity index (χ1) is 13.1. The molecule has 5 nitrogen and oxygen atoms in total. The molecule has 0 saturated carbocycles. The largest absolute Gasteiger partial charge is 0.481 e. The molecule has 0 bridgehead atoms. The van der Waals surface area contributed by atoms with Crippen LogP contribution in [0.5, 0.6) is 5.75 Å². The zero-order chi connectivity index (χ0) is 20.8. The molecule has 148 valence electrons. The number of carbonyl (C=O) groups is 1. The van der Waals surface area contributed by atoms with Gasteiger partial charge in [-0.15, -0.1) is 0 Å². The number of hydrogen-bond donors (Lipinski definition) is 1. The van der Waals surface area contributed by atoms with Crippen LogP contribution in [0.4, 0.5) is 13.2 Å². The lowest BCUT2D eigenvalue weighted by atomic mass is 10.2. The van der Waals surface area contributed by atoms with E-state index in [-0.39, 0.29) is 35.1 Å². The molecule has 2 aromatic rings. The minimum atomic E-state index is -4.47. The van der Waals surface area contributed by atoms with E-state index < -0.39 is 21.8 Å². The molecule has 1 N–H and O–H groups in total. The topological polar surface area (TPSA) is 72.5 Å². The van der Waals surface area contributed by atoms with Crippen LogP contribution in [0.3, 0.4) is 0 Å². The molecule has 0 atom stereocenters. The molecule has 0 saturated heterocycles. The van der Waals surface area contributed by atoms with Crippen molar-refractivity contribution in [3.8, 4) is 17.6 Å². The van der Waals surface area contributed by atoms with Gasteiger partial charge in [-0.1, -0.05) is 30.0 Å². The van der Waals surface area contributed by atoms with Crippen LogP contribution in [-0.4, -0.2) is 27.4 Å². The Bertz CT molecular complexity index is 1020. The fourth-order valence-corrected chi connectivity index (χ4v) is 3.06. The van der Waals surface area contributed by atoms with Gasteiger partial charge >= 0.3 is 6.18 Å². The first-order valence-electron chi connectivity index (χ1n) is 7.96. The molecule has 2 rings (SSSR count). The van der Waals surface area contributed by atoms with E-state index in [0.717, 1.165) is 12.1 Å². The summed E-state index contributed by atoms with van der Waals surface area (Å²) in [6.07, 6.45) is -4.47. The van der Waals surface area contributed by atoms with Gasteiger partial charge in [0.25, 0.3) is 0 Å². The van der Waals surface area contributed by atoms with Gasteiger partial charge < -0.3 is 4.74 Å². The number of Topliss-reactive ketones (excluding diaryl/α,β-unsaturated/α-hetero) is 1. The van der Waals surface area contributed by atoms with E-state index in [2.05, 4.69) is 16.6 Å². The van der Waals surface area contributed by atoms with Crippen molar-refractivity contribution in [2.24, 2.45) is 0 Å². The van der Waals surface area contributed by atoms with Crippen LogP contribution in [0.15, 0.2) is 53.4 Å². The van der Waals surface area contributed by atoms with Gasteiger partial charge in [-0.05, 0) is 37.3 Å². The summed E-state index contributed by atoms with van der Waals surface area (Å²) in [5.41, 5.74) is -0.568. The van der Waals surface area contributed by atoms with Crippen molar-refractivity contribution in [2.45, 2.75) is 18.0 Å². The molecule has 0 spiro atoms. The third kappa shape index (κ3) is 6.11. The first kappa shape index (κ1) is 21.5. The molecule has 0 aliphatic carbocycles. The molecule has 9 heteroatoms. The fourth-order valence-electron chi connectivity index (χ4n) is 2.09. The van der Waals surface area contributed by atoms with Gasteiger partial charge in [0.1, 0.15) is 12.4 Å². The Balaban J connectivity index is 1.90. The standard InChI is InChI=1S/C19H16F3NO4S/c1-14(24)15-6-4-9-18(12-15)28(25,26)23-10-2-3-11-27-17-8-5-7-16(13-17)19(20,21)22/h4-9,12-13,23H,10-11H2,1H3. The normalized spacial score (nSPS) is 11.4. The Hall–Kier alpha value is -2.83. The number of benzene rings is 2. The van der Waals surface area contributed by atoms with Gasteiger partial charge in [0, 0.05) is 5.56 Å². The predicted octanol–water partition coefficient (Wildman–Crippen LogP) is 3.27. The second-order valence-electron chi connectivity index (χ2n) is 5.58. The maximum Gasteiger partial charge on any atom is 0.416 e. The van der Waals surface area contributed by atoms with Gasteiger partial charge in [0.15, 0.2) is 5.78 Å². The molecule has 2 aromatic carbocycles. The average Bonchev–Trinajstić information content (AvgIpc) is 2.64. The van der Waals surface area contributed by atoms with Crippen LogP contribution < -0.4 is 9.46 Å². The second kappa shape index (κ2) is 8.91. The zero-order valence-electron chi connectivity index (χ0n) is 14.7. The highest BCUT2D eigenvalue weighted by molar-refractivity contribution is 7.89. The number of ether oxygens (including phenoxy) is 1. The third-order valence-corrected chi connectivity index (χ3v) is 4.90. The lowest BCUT2D eigenvalue weighted by molar-refractivity contribution is -0.137. The fraction of sp³-hybridized carbons (Fsp3) is 0.211. The van der Waals surface area contributed by atoms with Crippen LogP contribution in [0.25, 0.3) is 0 Å². The van der Waals surface area contributed by atoms with Gasteiger partial charge in [0.2, 0.25) is 10.0 Å². The maximum atomic E-state index is 12.6. The molecule has 0 heterocycles. The smallest absolute Gasteiger partial charge is 0.416 e. The number of rotatable bonds is 6. The number of halogens is 3. The zero-order valence-corrected chi connectivity index (χ0v) is 15.5. The van der Waals surface area contributed by atoms with Crippen molar-refractivity contribution in [1.82, 2.24) is 4.72 Å². The SMILES string of the molecule is CC(=O)c1cccc(S(=O)(=O)NCC#CCOc2cccc(C(F)(F)F)c2)c1. The summed E-state index contributed by atoms with van der Waals surface area (Å²) in [6.45, 7) is 0.899. The van der Waals surface area contributed by atoms with Gasteiger partial charge in [-0.25, -0.2) is 8.42 Å². The van der Waals surface area contributed by atoms with Crippen molar-refractivity contribution in [3.63, 3.8) is 0 Å². The summed E-state index contributed by atoms with van der Waals surface area (Å²) in [6, 6.07) is 9.93. The Labute approximate surface area is 160 Å². The number of hydrogen-bond acceptors (Lipinski definition) is 4. The number of ketones is 1. The molecule has 0 amide bonds. The minimum Gasteiger partial charge on any atom is -0.481 e. The van der Waals surface area contributed by atoms with E-state index in [1.165, 1.54) is 43.3 Å². The minimum absolute atomic E-state index is 0.00533. The van der Waals surface area contributed by atoms with Crippen LogP contribution in [0, 0.1) is 11.8 Å². The van der Waals surface area contributed by atoms with Crippen LogP contribution >= 0.6 is 0 Å². The Morgan fingerprint density at radius 2 is 1.82 bits per heavy atom. The Morgan fingerprint density at radius 1 is 1.11 bits per heavy atom. The maximum absolute atomic E-state index is 12.6. The monoisotopic (exact) mass is 411 g/mol. The quantitative estimate of drug-likeness (QED) is 0.585. The highest BCUT2D eigenvalue weighted by Crippen LogP contribution is 2.31. The van der Waals surface area contributed by atoms with E-state index in [9.17, 15) is 26.4 Å². The number of sulfonamides is 1. The Kier molecular flexibility index (Phi) is 6.83. The van der Waals surface area contributed by atoms with E-state index in [1.54, 1.807) is 0 Å². The number of carbonyl (C=O) groups excluding carboxylic acids is 1. The highest BCUT2D eigenvalue weighted by Gasteiger charge is 2.30. The summed E-state index contributed by atoms with van der Waals surface area (Å²) in [5.74, 6) is 4.77. The summed E-state index contributed by atoms with van der Waals surface area (Å²) >= 11 is 0. The molecule has 0 unspecified atom stereocenters. The van der Waals surface area contributed by atoms with E-state index in [4.69, 9.17) is 4.74 Å². The molecule has 0 radical (unpaired) electrons.